The van der Waals surface area contributed by atoms with Crippen molar-refractivity contribution in [3.05, 3.63) is 58.1 Å². The van der Waals surface area contributed by atoms with Gasteiger partial charge in [0, 0.05) is 34.4 Å². The Balaban J connectivity index is 2.06. The average molecular weight is 377 g/mol. The molecule has 0 fully saturated rings. The van der Waals surface area contributed by atoms with Gasteiger partial charge in [0.15, 0.2) is 0 Å². The Morgan fingerprint density at radius 3 is 2.78 bits per heavy atom. The largest absolute Gasteiger partial charge is 0.496 e. The van der Waals surface area contributed by atoms with E-state index in [1.807, 2.05) is 49.4 Å². The first-order valence-corrected chi connectivity index (χ1v) is 8.38. The van der Waals surface area contributed by atoms with Crippen LogP contribution in [0.5, 0.6) is 5.75 Å². The Hall–Kier alpha value is -2.01. The van der Waals surface area contributed by atoms with Crippen molar-refractivity contribution in [2.75, 3.05) is 19.0 Å². The second-order valence-corrected chi connectivity index (χ2v) is 6.06. The lowest BCUT2D eigenvalue weighted by atomic mass is 10.1. The van der Waals surface area contributed by atoms with Gasteiger partial charge < -0.3 is 15.4 Å². The topological polar surface area (TPSA) is 50.4 Å². The van der Waals surface area contributed by atoms with Crippen LogP contribution in [0.3, 0.4) is 0 Å². The van der Waals surface area contributed by atoms with Gasteiger partial charge in [0.1, 0.15) is 5.75 Å². The molecule has 0 saturated heterocycles. The highest BCUT2D eigenvalue weighted by molar-refractivity contribution is 9.10. The molecule has 0 radical (unpaired) electrons. The number of carbonyl (C=O) groups is 1. The molecule has 0 unspecified atom stereocenters. The quantitative estimate of drug-likeness (QED) is 0.760. The van der Waals surface area contributed by atoms with Crippen LogP contribution in [0.2, 0.25) is 0 Å². The molecule has 0 spiro atoms. The third-order valence-corrected chi connectivity index (χ3v) is 3.88. The Morgan fingerprint density at radius 2 is 2.04 bits per heavy atom. The van der Waals surface area contributed by atoms with Gasteiger partial charge in [0.05, 0.1) is 7.11 Å². The van der Waals surface area contributed by atoms with E-state index < -0.39 is 0 Å². The molecule has 1 amide bonds. The lowest BCUT2D eigenvalue weighted by Crippen LogP contribution is -2.23. The van der Waals surface area contributed by atoms with E-state index in [2.05, 4.69) is 26.6 Å². The highest BCUT2D eigenvalue weighted by atomic mass is 79.9. The Kier molecular flexibility index (Phi) is 6.47. The van der Waals surface area contributed by atoms with E-state index in [-0.39, 0.29) is 5.91 Å². The van der Waals surface area contributed by atoms with Crippen LogP contribution in [0, 0.1) is 0 Å². The lowest BCUT2D eigenvalue weighted by molar-refractivity contribution is 0.0953. The zero-order valence-electron chi connectivity index (χ0n) is 13.4. The maximum atomic E-state index is 12.0. The van der Waals surface area contributed by atoms with E-state index in [0.717, 1.165) is 27.9 Å². The first-order chi connectivity index (χ1) is 11.1. The minimum absolute atomic E-state index is 0.0458. The summed E-state index contributed by atoms with van der Waals surface area (Å²) in [4.78, 5) is 12.0. The molecule has 0 atom stereocenters. The zero-order chi connectivity index (χ0) is 16.7. The predicted molar refractivity (Wildman–Crippen MR) is 97.1 cm³/mol. The van der Waals surface area contributed by atoms with Crippen LogP contribution in [-0.2, 0) is 6.54 Å². The van der Waals surface area contributed by atoms with E-state index >= 15 is 0 Å². The van der Waals surface area contributed by atoms with Crippen LogP contribution in [0.4, 0.5) is 5.69 Å². The maximum absolute atomic E-state index is 12.0. The van der Waals surface area contributed by atoms with Crippen molar-refractivity contribution in [1.82, 2.24) is 5.32 Å². The third kappa shape index (κ3) is 4.99. The van der Waals surface area contributed by atoms with Crippen molar-refractivity contribution in [2.45, 2.75) is 19.9 Å². The summed E-state index contributed by atoms with van der Waals surface area (Å²) in [6, 6.07) is 13.4. The monoisotopic (exact) mass is 376 g/mol. The first-order valence-electron chi connectivity index (χ1n) is 7.58. The van der Waals surface area contributed by atoms with Crippen molar-refractivity contribution < 1.29 is 9.53 Å². The van der Waals surface area contributed by atoms with Gasteiger partial charge >= 0.3 is 0 Å². The predicted octanol–water partition coefficient (Wildman–Crippen LogP) is 4.21. The van der Waals surface area contributed by atoms with Gasteiger partial charge in [-0.1, -0.05) is 28.9 Å². The van der Waals surface area contributed by atoms with Gasteiger partial charge in [-0.3, -0.25) is 4.79 Å². The molecule has 0 bridgehead atoms. The number of carbonyl (C=O) groups excluding carboxylic acids is 1. The number of amides is 1. The summed E-state index contributed by atoms with van der Waals surface area (Å²) >= 11 is 3.47. The third-order valence-electron chi connectivity index (χ3n) is 3.39. The van der Waals surface area contributed by atoms with Gasteiger partial charge in [-0.05, 0) is 42.8 Å². The molecule has 4 nitrogen and oxygen atoms in total. The molecule has 122 valence electrons. The number of rotatable bonds is 7. The smallest absolute Gasteiger partial charge is 0.251 e. The number of nitrogens with one attached hydrogen (secondary N) is 2. The average Bonchev–Trinajstić information content (AvgIpc) is 2.58. The fourth-order valence-electron chi connectivity index (χ4n) is 2.19. The zero-order valence-corrected chi connectivity index (χ0v) is 14.9. The van der Waals surface area contributed by atoms with Crippen molar-refractivity contribution in [3.63, 3.8) is 0 Å². The lowest BCUT2D eigenvalue weighted by Gasteiger charge is -2.12. The standard InChI is InChI=1S/C18H21BrN2O2/c1-3-9-20-18(22)13-5-4-6-16(11-13)21-12-14-10-15(19)7-8-17(14)23-2/h4-8,10-11,21H,3,9,12H2,1-2H3,(H,20,22). The van der Waals surface area contributed by atoms with E-state index in [1.54, 1.807) is 7.11 Å². The Morgan fingerprint density at radius 1 is 1.22 bits per heavy atom. The molecule has 0 aromatic heterocycles. The molecule has 0 aliphatic rings. The fourth-order valence-corrected chi connectivity index (χ4v) is 2.60. The number of anilines is 1. The SMILES string of the molecule is CCCNC(=O)c1cccc(NCc2cc(Br)ccc2OC)c1. The summed E-state index contributed by atoms with van der Waals surface area (Å²) in [5.74, 6) is 0.785. The van der Waals surface area contributed by atoms with Gasteiger partial charge in [-0.2, -0.15) is 0 Å². The summed E-state index contributed by atoms with van der Waals surface area (Å²) in [6.07, 6.45) is 0.923. The first kappa shape index (κ1) is 17.3. The number of methoxy groups -OCH3 is 1. The maximum Gasteiger partial charge on any atom is 0.251 e. The second kappa shape index (κ2) is 8.58. The molecule has 0 aliphatic carbocycles. The number of hydrogen-bond acceptors (Lipinski definition) is 3. The Bertz CT molecular complexity index is 674. The number of hydrogen-bond donors (Lipinski definition) is 2. The molecule has 5 heteroatoms. The summed E-state index contributed by atoms with van der Waals surface area (Å²) < 4.78 is 6.37. The number of ether oxygens (including phenoxy) is 1. The molecule has 23 heavy (non-hydrogen) atoms. The second-order valence-electron chi connectivity index (χ2n) is 5.15. The van der Waals surface area contributed by atoms with Crippen LogP contribution >= 0.6 is 15.9 Å². The van der Waals surface area contributed by atoms with E-state index in [9.17, 15) is 4.79 Å². The van der Waals surface area contributed by atoms with Crippen LogP contribution in [0.1, 0.15) is 29.3 Å². The van der Waals surface area contributed by atoms with Crippen molar-refractivity contribution >= 4 is 27.5 Å². The molecule has 2 aromatic rings. The molecule has 0 heterocycles. The van der Waals surface area contributed by atoms with Crippen LogP contribution in [0.15, 0.2) is 46.9 Å². The summed E-state index contributed by atoms with van der Waals surface area (Å²) in [7, 11) is 1.66. The van der Waals surface area contributed by atoms with Crippen molar-refractivity contribution in [1.29, 1.82) is 0 Å². The minimum atomic E-state index is -0.0458. The minimum Gasteiger partial charge on any atom is -0.496 e. The molecular formula is C18H21BrN2O2. The normalized spacial score (nSPS) is 10.2. The van der Waals surface area contributed by atoms with Gasteiger partial charge in [-0.15, -0.1) is 0 Å². The van der Waals surface area contributed by atoms with Gasteiger partial charge in [-0.25, -0.2) is 0 Å². The molecule has 2 rings (SSSR count). The van der Waals surface area contributed by atoms with Crippen molar-refractivity contribution in [3.8, 4) is 5.75 Å². The van der Waals surface area contributed by atoms with Crippen LogP contribution in [0.25, 0.3) is 0 Å². The van der Waals surface area contributed by atoms with E-state index in [4.69, 9.17) is 4.74 Å². The molecule has 2 aromatic carbocycles. The van der Waals surface area contributed by atoms with Gasteiger partial charge in [0.2, 0.25) is 0 Å². The number of halogens is 1. The summed E-state index contributed by atoms with van der Waals surface area (Å²) in [5.41, 5.74) is 2.60. The summed E-state index contributed by atoms with van der Waals surface area (Å²) in [6.45, 7) is 3.33. The highest BCUT2D eigenvalue weighted by Gasteiger charge is 2.07. The molecule has 2 N–H and O–H groups in total. The molecule has 0 saturated carbocycles. The molecular weight excluding hydrogens is 356 g/mol. The summed E-state index contributed by atoms with van der Waals surface area (Å²) in [5, 5.41) is 6.22. The van der Waals surface area contributed by atoms with Gasteiger partial charge in [0.25, 0.3) is 5.91 Å². The number of benzene rings is 2. The van der Waals surface area contributed by atoms with Crippen LogP contribution in [-0.4, -0.2) is 19.6 Å². The highest BCUT2D eigenvalue weighted by Crippen LogP contribution is 2.24. The molecule has 0 aliphatic heterocycles. The fraction of sp³-hybridized carbons (Fsp3) is 0.278. The Labute approximate surface area is 145 Å². The van der Waals surface area contributed by atoms with Crippen LogP contribution < -0.4 is 15.4 Å². The van der Waals surface area contributed by atoms with E-state index in [1.165, 1.54) is 0 Å². The van der Waals surface area contributed by atoms with E-state index in [0.29, 0.717) is 18.7 Å². The van der Waals surface area contributed by atoms with Crippen molar-refractivity contribution in [2.24, 2.45) is 0 Å².